The zero-order valence-electron chi connectivity index (χ0n) is 15.4. The van der Waals surface area contributed by atoms with E-state index in [1.807, 2.05) is 0 Å². The minimum absolute atomic E-state index is 0.427. The number of thiazole rings is 1. The summed E-state index contributed by atoms with van der Waals surface area (Å²) in [5.41, 5.74) is 20.9. The minimum Gasteiger partial charge on any atom is -0.390 e. The molecule has 0 bridgehead atoms. The van der Waals surface area contributed by atoms with Crippen molar-refractivity contribution in [2.24, 2.45) is 11.5 Å². The summed E-state index contributed by atoms with van der Waals surface area (Å²) < 4.78 is 0.944. The van der Waals surface area contributed by atoms with Crippen molar-refractivity contribution in [1.29, 1.82) is 0 Å². The van der Waals surface area contributed by atoms with Crippen LogP contribution in [0.5, 0.6) is 0 Å². The van der Waals surface area contributed by atoms with Crippen molar-refractivity contribution in [2.75, 3.05) is 5.32 Å². The van der Waals surface area contributed by atoms with Crippen LogP contribution >= 0.6 is 23.1 Å². The minimum atomic E-state index is 0.427. The molecule has 2 aromatic rings. The van der Waals surface area contributed by atoms with E-state index in [-0.39, 0.29) is 0 Å². The highest BCUT2D eigenvalue weighted by molar-refractivity contribution is 8.04. The third kappa shape index (κ3) is 3.32. The fourth-order valence-corrected chi connectivity index (χ4v) is 5.70. The van der Waals surface area contributed by atoms with Crippen LogP contribution in [0.1, 0.15) is 60.6 Å². The predicted octanol–water partition coefficient (Wildman–Crippen LogP) is 4.49. The third-order valence-corrected chi connectivity index (χ3v) is 7.18. The second-order valence-corrected chi connectivity index (χ2v) is 9.58. The first-order valence-electron chi connectivity index (χ1n) is 9.35. The van der Waals surface area contributed by atoms with Gasteiger partial charge in [0.1, 0.15) is 10.9 Å². The summed E-state index contributed by atoms with van der Waals surface area (Å²) in [5.74, 6) is 0.974. The van der Waals surface area contributed by atoms with E-state index in [0.29, 0.717) is 16.8 Å². The molecule has 0 unspecified atom stereocenters. The second-order valence-electron chi connectivity index (χ2n) is 7.43. The van der Waals surface area contributed by atoms with Crippen molar-refractivity contribution in [1.82, 2.24) is 4.98 Å². The number of rotatable bonds is 5. The zero-order chi connectivity index (χ0) is 18.3. The van der Waals surface area contributed by atoms with E-state index in [9.17, 15) is 0 Å². The van der Waals surface area contributed by atoms with Crippen LogP contribution in [0.15, 0.2) is 26.6 Å². The van der Waals surface area contributed by atoms with Gasteiger partial charge in [-0.05, 0) is 78.5 Å². The highest BCUT2D eigenvalue weighted by atomic mass is 32.2. The van der Waals surface area contributed by atoms with E-state index in [1.54, 1.807) is 11.3 Å². The standard InChI is InChI=1S/C20H26N4S2/c1-11(2)16-10-25-20(23-16)26-19(22)18(21)24-17-14-7-3-5-12(14)9-13-6-4-8-15(13)17/h9-11,24H,3-8,21-22H2,1-2H3/b19-18+. The maximum atomic E-state index is 6.35. The van der Waals surface area contributed by atoms with Crippen LogP contribution in [-0.4, -0.2) is 4.98 Å². The van der Waals surface area contributed by atoms with Gasteiger partial charge < -0.3 is 16.8 Å². The van der Waals surface area contributed by atoms with Gasteiger partial charge in [-0.3, -0.25) is 0 Å². The summed E-state index contributed by atoms with van der Waals surface area (Å²) in [4.78, 5) is 4.64. The lowest BCUT2D eigenvalue weighted by atomic mass is 9.99. The molecule has 0 saturated heterocycles. The SMILES string of the molecule is CC(C)c1csc(S/C(N)=C(\N)Nc2c3c(cc4c2CCC4)CCC3)n1. The summed E-state index contributed by atoms with van der Waals surface area (Å²) in [6.45, 7) is 4.30. The first-order chi connectivity index (χ1) is 12.5. The Hall–Kier alpha value is -1.66. The Balaban J connectivity index is 1.59. The molecule has 1 aromatic carbocycles. The molecule has 0 atom stereocenters. The maximum absolute atomic E-state index is 6.35. The Kier molecular flexibility index (Phi) is 4.88. The van der Waals surface area contributed by atoms with Crippen LogP contribution < -0.4 is 16.8 Å². The molecule has 0 radical (unpaired) electrons. The molecule has 1 heterocycles. The Labute approximate surface area is 163 Å². The highest BCUT2D eigenvalue weighted by Crippen LogP contribution is 2.39. The quantitative estimate of drug-likeness (QED) is 0.660. The zero-order valence-corrected chi connectivity index (χ0v) is 17.0. The van der Waals surface area contributed by atoms with Crippen LogP contribution in [0.3, 0.4) is 0 Å². The van der Waals surface area contributed by atoms with Gasteiger partial charge in [0.2, 0.25) is 0 Å². The summed E-state index contributed by atoms with van der Waals surface area (Å²) in [7, 11) is 0. The van der Waals surface area contributed by atoms with E-state index in [1.165, 1.54) is 65.4 Å². The van der Waals surface area contributed by atoms with Gasteiger partial charge in [0.15, 0.2) is 4.34 Å². The van der Waals surface area contributed by atoms with Crippen molar-refractivity contribution >= 4 is 28.8 Å². The molecule has 26 heavy (non-hydrogen) atoms. The second kappa shape index (κ2) is 7.16. The van der Waals surface area contributed by atoms with Gasteiger partial charge in [-0.15, -0.1) is 11.3 Å². The van der Waals surface area contributed by atoms with Crippen LogP contribution in [0, 0.1) is 0 Å². The van der Waals surface area contributed by atoms with Gasteiger partial charge in [-0.25, -0.2) is 4.98 Å². The number of nitrogens with one attached hydrogen (secondary N) is 1. The number of nitrogens with zero attached hydrogens (tertiary/aromatic N) is 1. The van der Waals surface area contributed by atoms with E-state index in [2.05, 4.69) is 35.6 Å². The van der Waals surface area contributed by atoms with Gasteiger partial charge in [0, 0.05) is 11.1 Å². The fraction of sp³-hybridized carbons (Fsp3) is 0.450. The molecule has 2 aliphatic rings. The van der Waals surface area contributed by atoms with E-state index in [4.69, 9.17) is 11.5 Å². The fourth-order valence-electron chi connectivity index (χ4n) is 3.89. The number of aryl methyl sites for hydroxylation is 2. The monoisotopic (exact) mass is 386 g/mol. The molecule has 2 aliphatic carbocycles. The number of aromatic nitrogens is 1. The van der Waals surface area contributed by atoms with Gasteiger partial charge in [-0.2, -0.15) is 0 Å². The average Bonchev–Trinajstić information content (AvgIpc) is 3.33. The van der Waals surface area contributed by atoms with Gasteiger partial charge in [0.05, 0.1) is 5.69 Å². The Morgan fingerprint density at radius 3 is 2.35 bits per heavy atom. The molecule has 5 N–H and O–H groups in total. The van der Waals surface area contributed by atoms with Gasteiger partial charge in [-0.1, -0.05) is 19.9 Å². The maximum Gasteiger partial charge on any atom is 0.156 e. The van der Waals surface area contributed by atoms with Crippen molar-refractivity contribution in [3.8, 4) is 0 Å². The molecule has 4 rings (SSSR count). The normalized spacial score (nSPS) is 16.6. The molecule has 138 valence electrons. The molecule has 0 aliphatic heterocycles. The molecule has 1 aromatic heterocycles. The molecular weight excluding hydrogens is 360 g/mol. The first kappa shape index (κ1) is 17.7. The smallest absolute Gasteiger partial charge is 0.156 e. The third-order valence-electron chi connectivity index (χ3n) is 5.29. The number of thioether (sulfide) groups is 1. The van der Waals surface area contributed by atoms with Crippen molar-refractivity contribution < 1.29 is 0 Å². The largest absolute Gasteiger partial charge is 0.390 e. The van der Waals surface area contributed by atoms with Crippen molar-refractivity contribution in [3.63, 3.8) is 0 Å². The van der Waals surface area contributed by atoms with Gasteiger partial charge in [0.25, 0.3) is 0 Å². The van der Waals surface area contributed by atoms with Crippen LogP contribution in [0.4, 0.5) is 5.69 Å². The molecule has 6 heteroatoms. The number of hydrogen-bond donors (Lipinski definition) is 3. The Morgan fingerprint density at radius 2 is 1.77 bits per heavy atom. The molecule has 0 amide bonds. The van der Waals surface area contributed by atoms with Crippen LogP contribution in [0.2, 0.25) is 0 Å². The molecule has 0 saturated carbocycles. The molecule has 0 fully saturated rings. The lowest BCUT2D eigenvalue weighted by Crippen LogP contribution is -2.17. The lowest BCUT2D eigenvalue weighted by Gasteiger charge is -2.18. The summed E-state index contributed by atoms with van der Waals surface area (Å²) in [5, 5.41) is 6.17. The molecule has 0 spiro atoms. The molecule has 4 nitrogen and oxygen atoms in total. The van der Waals surface area contributed by atoms with E-state index >= 15 is 0 Å². The Bertz CT molecular complexity index is 835. The summed E-state index contributed by atoms with van der Waals surface area (Å²) in [6, 6.07) is 2.43. The Morgan fingerprint density at radius 1 is 1.12 bits per heavy atom. The predicted molar refractivity (Wildman–Crippen MR) is 112 cm³/mol. The first-order valence-corrected chi connectivity index (χ1v) is 11.0. The van der Waals surface area contributed by atoms with Gasteiger partial charge >= 0.3 is 0 Å². The number of hydrogen-bond acceptors (Lipinski definition) is 6. The number of anilines is 1. The topological polar surface area (TPSA) is 77.0 Å². The summed E-state index contributed by atoms with van der Waals surface area (Å²) in [6.07, 6.45) is 7.10. The van der Waals surface area contributed by atoms with Crippen molar-refractivity contribution in [2.45, 2.75) is 62.6 Å². The lowest BCUT2D eigenvalue weighted by molar-refractivity contribution is 0.822. The number of nitrogens with two attached hydrogens (primary N) is 2. The summed E-state index contributed by atoms with van der Waals surface area (Å²) >= 11 is 3.08. The highest BCUT2D eigenvalue weighted by Gasteiger charge is 2.24. The van der Waals surface area contributed by atoms with Crippen LogP contribution in [-0.2, 0) is 25.7 Å². The van der Waals surface area contributed by atoms with Crippen molar-refractivity contribution in [3.05, 3.63) is 50.2 Å². The van der Waals surface area contributed by atoms with E-state index < -0.39 is 0 Å². The average molecular weight is 387 g/mol. The van der Waals surface area contributed by atoms with E-state index in [0.717, 1.165) is 22.9 Å². The number of benzene rings is 1. The number of fused-ring (bicyclic) bond motifs is 2. The van der Waals surface area contributed by atoms with Crippen LogP contribution in [0.25, 0.3) is 0 Å². The molecular formula is C20H26N4S2.